The van der Waals surface area contributed by atoms with Crippen LogP contribution in [0.15, 0.2) is 30.3 Å². The molecule has 3 rings (SSSR count). The Morgan fingerprint density at radius 1 is 1.04 bits per heavy atom. The molecule has 1 aromatic heterocycles. The smallest absolute Gasteiger partial charge is 0.274 e. The van der Waals surface area contributed by atoms with Crippen LogP contribution in [0.25, 0.3) is 0 Å². The number of hydrogen-bond donors (Lipinski definition) is 0. The van der Waals surface area contributed by atoms with Crippen molar-refractivity contribution in [1.82, 2.24) is 15.1 Å². The van der Waals surface area contributed by atoms with E-state index in [9.17, 15) is 4.79 Å². The lowest BCUT2D eigenvalue weighted by Crippen LogP contribution is -2.49. The number of methoxy groups -OCH3 is 1. The van der Waals surface area contributed by atoms with E-state index in [2.05, 4.69) is 15.1 Å². The Kier molecular flexibility index (Phi) is 5.06. The van der Waals surface area contributed by atoms with Crippen LogP contribution < -0.4 is 9.64 Å². The summed E-state index contributed by atoms with van der Waals surface area (Å²) in [6, 6.07) is 8.81. The second-order valence-corrected chi connectivity index (χ2v) is 6.15. The van der Waals surface area contributed by atoms with E-state index in [1.807, 2.05) is 12.1 Å². The van der Waals surface area contributed by atoms with Crippen LogP contribution in [-0.4, -0.2) is 54.3 Å². The monoisotopic (exact) mass is 366 g/mol. The fraction of sp³-hybridized carbons (Fsp3) is 0.312. The first kappa shape index (κ1) is 16.8. The summed E-state index contributed by atoms with van der Waals surface area (Å²) in [7, 11) is 1.51. The molecule has 126 valence electrons. The summed E-state index contributed by atoms with van der Waals surface area (Å²) in [5.41, 5.74) is 1.32. The molecule has 0 saturated carbocycles. The van der Waals surface area contributed by atoms with Crippen LogP contribution in [0.3, 0.4) is 0 Å². The largest absolute Gasteiger partial charge is 0.480 e. The fourth-order valence-electron chi connectivity index (χ4n) is 2.55. The molecule has 0 radical (unpaired) electrons. The molecule has 2 heterocycles. The van der Waals surface area contributed by atoms with Gasteiger partial charge in [0.05, 0.1) is 17.2 Å². The first-order valence-corrected chi connectivity index (χ1v) is 8.21. The summed E-state index contributed by atoms with van der Waals surface area (Å²) in [4.78, 5) is 16.4. The van der Waals surface area contributed by atoms with Crippen molar-refractivity contribution in [2.45, 2.75) is 0 Å². The Morgan fingerprint density at radius 2 is 1.79 bits per heavy atom. The molecule has 0 bridgehead atoms. The van der Waals surface area contributed by atoms with Crippen LogP contribution in [0.2, 0.25) is 10.0 Å². The van der Waals surface area contributed by atoms with Gasteiger partial charge >= 0.3 is 0 Å². The number of hydrogen-bond acceptors (Lipinski definition) is 5. The van der Waals surface area contributed by atoms with Gasteiger partial charge in [0.15, 0.2) is 5.69 Å². The van der Waals surface area contributed by atoms with Gasteiger partial charge in [-0.3, -0.25) is 4.79 Å². The maximum Gasteiger partial charge on any atom is 0.274 e. The third kappa shape index (κ3) is 3.55. The average molecular weight is 367 g/mol. The van der Waals surface area contributed by atoms with Crippen LogP contribution >= 0.6 is 23.2 Å². The maximum atomic E-state index is 12.5. The second-order valence-electron chi connectivity index (χ2n) is 5.34. The average Bonchev–Trinajstić information content (AvgIpc) is 2.63. The van der Waals surface area contributed by atoms with Crippen molar-refractivity contribution in [3.8, 4) is 5.88 Å². The molecule has 0 unspecified atom stereocenters. The van der Waals surface area contributed by atoms with Gasteiger partial charge in [-0.1, -0.05) is 23.2 Å². The third-order valence-electron chi connectivity index (χ3n) is 3.90. The third-order valence-corrected chi connectivity index (χ3v) is 4.64. The highest BCUT2D eigenvalue weighted by atomic mass is 35.5. The molecule has 2 aromatic rings. The number of aromatic nitrogens is 2. The molecule has 1 saturated heterocycles. The summed E-state index contributed by atoms with van der Waals surface area (Å²) >= 11 is 12.0. The topological polar surface area (TPSA) is 58.6 Å². The second kappa shape index (κ2) is 7.23. The van der Waals surface area contributed by atoms with Gasteiger partial charge in [0.1, 0.15) is 0 Å². The highest BCUT2D eigenvalue weighted by Gasteiger charge is 2.23. The quantitative estimate of drug-likeness (QED) is 0.835. The van der Waals surface area contributed by atoms with Crippen molar-refractivity contribution in [2.75, 3.05) is 38.2 Å². The molecular weight excluding hydrogens is 351 g/mol. The zero-order valence-electron chi connectivity index (χ0n) is 13.1. The summed E-state index contributed by atoms with van der Waals surface area (Å²) in [5, 5.41) is 8.81. The zero-order valence-corrected chi connectivity index (χ0v) is 14.6. The SMILES string of the molecule is COc1ccc(C(=O)N2CCN(c3ccc(Cl)c(Cl)c3)CC2)nn1. The number of benzene rings is 1. The molecule has 24 heavy (non-hydrogen) atoms. The molecule has 0 aliphatic carbocycles. The van der Waals surface area contributed by atoms with Crippen LogP contribution in [0, 0.1) is 0 Å². The predicted molar refractivity (Wildman–Crippen MR) is 93.2 cm³/mol. The predicted octanol–water partition coefficient (Wildman–Crippen LogP) is 2.75. The highest BCUT2D eigenvalue weighted by molar-refractivity contribution is 6.42. The summed E-state index contributed by atoms with van der Waals surface area (Å²) in [5.74, 6) is 0.259. The molecule has 1 fully saturated rings. The maximum absolute atomic E-state index is 12.5. The molecule has 0 atom stereocenters. The van der Waals surface area contributed by atoms with E-state index >= 15 is 0 Å². The number of ether oxygens (including phenoxy) is 1. The minimum absolute atomic E-state index is 0.126. The van der Waals surface area contributed by atoms with Gasteiger partial charge in [-0.25, -0.2) is 0 Å². The number of nitrogens with zero attached hydrogens (tertiary/aromatic N) is 4. The molecular formula is C16H16Cl2N4O2. The molecule has 1 amide bonds. The molecule has 1 aromatic carbocycles. The number of halogens is 2. The van der Waals surface area contributed by atoms with Gasteiger partial charge in [-0.2, -0.15) is 0 Å². The normalized spacial score (nSPS) is 14.6. The Bertz CT molecular complexity index is 731. The molecule has 6 nitrogen and oxygen atoms in total. The number of anilines is 1. The Hall–Kier alpha value is -2.05. The highest BCUT2D eigenvalue weighted by Crippen LogP contribution is 2.27. The van der Waals surface area contributed by atoms with Crippen molar-refractivity contribution >= 4 is 34.8 Å². The summed E-state index contributed by atoms with van der Waals surface area (Å²) in [6.45, 7) is 2.64. The van der Waals surface area contributed by atoms with E-state index in [-0.39, 0.29) is 5.91 Å². The first-order valence-electron chi connectivity index (χ1n) is 7.45. The lowest BCUT2D eigenvalue weighted by atomic mass is 10.2. The lowest BCUT2D eigenvalue weighted by molar-refractivity contribution is 0.0739. The molecule has 1 aliphatic heterocycles. The lowest BCUT2D eigenvalue weighted by Gasteiger charge is -2.36. The van der Waals surface area contributed by atoms with Crippen molar-refractivity contribution in [3.05, 3.63) is 46.1 Å². The number of amides is 1. The van der Waals surface area contributed by atoms with Crippen LogP contribution in [0.1, 0.15) is 10.5 Å². The number of rotatable bonds is 3. The van der Waals surface area contributed by atoms with Gasteiger partial charge in [0.2, 0.25) is 5.88 Å². The van der Waals surface area contributed by atoms with Gasteiger partial charge < -0.3 is 14.5 Å². The fourth-order valence-corrected chi connectivity index (χ4v) is 2.85. The standard InChI is InChI=1S/C16H16Cl2N4O2/c1-24-15-5-4-14(19-20-15)16(23)22-8-6-21(7-9-22)11-2-3-12(17)13(18)10-11/h2-5,10H,6-9H2,1H3. The van der Waals surface area contributed by atoms with E-state index < -0.39 is 0 Å². The van der Waals surface area contributed by atoms with E-state index in [0.29, 0.717) is 47.8 Å². The van der Waals surface area contributed by atoms with E-state index in [1.54, 1.807) is 23.1 Å². The molecule has 1 aliphatic rings. The van der Waals surface area contributed by atoms with Crippen LogP contribution in [0.5, 0.6) is 5.88 Å². The Morgan fingerprint density at radius 3 is 2.38 bits per heavy atom. The van der Waals surface area contributed by atoms with Crippen LogP contribution in [-0.2, 0) is 0 Å². The van der Waals surface area contributed by atoms with Crippen molar-refractivity contribution < 1.29 is 9.53 Å². The van der Waals surface area contributed by atoms with E-state index in [0.717, 1.165) is 5.69 Å². The minimum atomic E-state index is -0.126. The minimum Gasteiger partial charge on any atom is -0.480 e. The summed E-state index contributed by atoms with van der Waals surface area (Å²) < 4.78 is 4.95. The Balaban J connectivity index is 1.63. The zero-order chi connectivity index (χ0) is 17.1. The van der Waals surface area contributed by atoms with Gasteiger partial charge in [0, 0.05) is 37.9 Å². The van der Waals surface area contributed by atoms with Crippen LogP contribution in [0.4, 0.5) is 5.69 Å². The number of piperazine rings is 1. The van der Waals surface area contributed by atoms with E-state index in [4.69, 9.17) is 27.9 Å². The van der Waals surface area contributed by atoms with E-state index in [1.165, 1.54) is 7.11 Å². The summed E-state index contributed by atoms with van der Waals surface area (Å²) in [6.07, 6.45) is 0. The number of carbonyl (C=O) groups is 1. The molecule has 0 N–H and O–H groups in total. The molecule has 0 spiro atoms. The van der Waals surface area contributed by atoms with Crippen molar-refractivity contribution in [3.63, 3.8) is 0 Å². The number of carbonyl (C=O) groups excluding carboxylic acids is 1. The van der Waals surface area contributed by atoms with Crippen molar-refractivity contribution in [2.24, 2.45) is 0 Å². The van der Waals surface area contributed by atoms with Gasteiger partial charge in [-0.05, 0) is 24.3 Å². The van der Waals surface area contributed by atoms with Crippen molar-refractivity contribution in [1.29, 1.82) is 0 Å². The first-order chi connectivity index (χ1) is 11.6. The Labute approximate surface area is 149 Å². The molecule has 8 heteroatoms. The van der Waals surface area contributed by atoms with Gasteiger partial charge in [0.25, 0.3) is 5.91 Å². The van der Waals surface area contributed by atoms with Gasteiger partial charge in [-0.15, -0.1) is 10.2 Å².